The molecule has 1 aromatic rings. The maximum absolute atomic E-state index is 12.0. The van der Waals surface area contributed by atoms with Gasteiger partial charge in [0, 0.05) is 25.1 Å². The Kier molecular flexibility index (Phi) is 4.44. The van der Waals surface area contributed by atoms with Gasteiger partial charge in [0.15, 0.2) is 5.69 Å². The summed E-state index contributed by atoms with van der Waals surface area (Å²) in [6, 6.07) is 0. The van der Waals surface area contributed by atoms with Crippen LogP contribution in [0.15, 0.2) is 0 Å². The van der Waals surface area contributed by atoms with Crippen LogP contribution in [0.3, 0.4) is 0 Å². The van der Waals surface area contributed by atoms with Gasteiger partial charge in [-0.15, -0.1) is 0 Å². The van der Waals surface area contributed by atoms with Crippen molar-refractivity contribution in [3.05, 3.63) is 22.8 Å². The molecule has 6 nitrogen and oxygen atoms in total. The zero-order valence-corrected chi connectivity index (χ0v) is 11.7. The zero-order valence-electron chi connectivity index (χ0n) is 11.7. The van der Waals surface area contributed by atoms with Crippen LogP contribution in [-0.4, -0.2) is 48.1 Å². The Bertz CT molecular complexity index is 474. The standard InChI is InChI=1S/C13H20N4O2/c1-4-19-13(18)12-9-7-14-6-5-10(9)15-11(16-12)8-17(2)3/h14H,4-8H2,1-3H3. The van der Waals surface area contributed by atoms with Gasteiger partial charge in [0.2, 0.25) is 0 Å². The third-order valence-electron chi connectivity index (χ3n) is 2.91. The fourth-order valence-electron chi connectivity index (χ4n) is 2.12. The van der Waals surface area contributed by atoms with Gasteiger partial charge in [0.1, 0.15) is 5.82 Å². The molecule has 0 amide bonds. The first-order valence-corrected chi connectivity index (χ1v) is 6.53. The van der Waals surface area contributed by atoms with Crippen molar-refractivity contribution < 1.29 is 9.53 Å². The second-order valence-corrected chi connectivity index (χ2v) is 4.80. The van der Waals surface area contributed by atoms with E-state index in [-0.39, 0.29) is 5.97 Å². The van der Waals surface area contributed by atoms with Crippen molar-refractivity contribution in [3.8, 4) is 0 Å². The Labute approximate surface area is 113 Å². The molecule has 0 bridgehead atoms. The van der Waals surface area contributed by atoms with Gasteiger partial charge >= 0.3 is 5.97 Å². The molecule has 19 heavy (non-hydrogen) atoms. The maximum atomic E-state index is 12.0. The molecule has 0 aromatic carbocycles. The average Bonchev–Trinajstić information content (AvgIpc) is 2.37. The summed E-state index contributed by atoms with van der Waals surface area (Å²) in [7, 11) is 3.91. The molecule has 6 heteroatoms. The Hall–Kier alpha value is -1.53. The molecule has 0 aliphatic carbocycles. The summed E-state index contributed by atoms with van der Waals surface area (Å²) in [5, 5.41) is 3.24. The zero-order chi connectivity index (χ0) is 13.8. The molecule has 0 unspecified atom stereocenters. The van der Waals surface area contributed by atoms with Crippen molar-refractivity contribution >= 4 is 5.97 Å². The molecular weight excluding hydrogens is 244 g/mol. The highest BCUT2D eigenvalue weighted by Gasteiger charge is 2.22. The molecule has 0 fully saturated rings. The number of carbonyl (C=O) groups is 1. The molecule has 104 valence electrons. The van der Waals surface area contributed by atoms with Crippen LogP contribution in [0.25, 0.3) is 0 Å². The van der Waals surface area contributed by atoms with E-state index < -0.39 is 0 Å². The topological polar surface area (TPSA) is 67.3 Å². The third kappa shape index (κ3) is 3.27. The minimum Gasteiger partial charge on any atom is -0.461 e. The monoisotopic (exact) mass is 264 g/mol. The number of hydrogen-bond donors (Lipinski definition) is 1. The van der Waals surface area contributed by atoms with Crippen LogP contribution in [0.5, 0.6) is 0 Å². The summed E-state index contributed by atoms with van der Waals surface area (Å²) < 4.78 is 5.08. The Morgan fingerprint density at radius 2 is 2.21 bits per heavy atom. The number of hydrogen-bond acceptors (Lipinski definition) is 6. The molecule has 1 aliphatic rings. The van der Waals surface area contributed by atoms with E-state index in [2.05, 4.69) is 15.3 Å². The molecule has 0 saturated heterocycles. The number of rotatable bonds is 4. The number of nitrogens with zero attached hydrogens (tertiary/aromatic N) is 3. The van der Waals surface area contributed by atoms with Crippen molar-refractivity contribution in [2.24, 2.45) is 0 Å². The van der Waals surface area contributed by atoms with E-state index >= 15 is 0 Å². The Balaban J connectivity index is 2.40. The van der Waals surface area contributed by atoms with Gasteiger partial charge in [-0.1, -0.05) is 0 Å². The van der Waals surface area contributed by atoms with E-state index in [1.807, 2.05) is 19.0 Å². The van der Waals surface area contributed by atoms with Crippen molar-refractivity contribution in [2.75, 3.05) is 27.2 Å². The van der Waals surface area contributed by atoms with Crippen LogP contribution in [0, 0.1) is 0 Å². The summed E-state index contributed by atoms with van der Waals surface area (Å²) >= 11 is 0. The molecule has 1 aromatic heterocycles. The van der Waals surface area contributed by atoms with Crippen molar-refractivity contribution in [1.29, 1.82) is 0 Å². The third-order valence-corrected chi connectivity index (χ3v) is 2.91. The molecule has 0 saturated carbocycles. The number of esters is 1. The molecule has 1 aliphatic heterocycles. The van der Waals surface area contributed by atoms with Crippen LogP contribution in [0.2, 0.25) is 0 Å². The lowest BCUT2D eigenvalue weighted by Gasteiger charge is -2.20. The number of ether oxygens (including phenoxy) is 1. The first-order chi connectivity index (χ1) is 9.11. The van der Waals surface area contributed by atoms with Crippen LogP contribution in [-0.2, 0) is 24.2 Å². The van der Waals surface area contributed by atoms with Gasteiger partial charge in [-0.2, -0.15) is 0 Å². The van der Waals surface area contributed by atoms with E-state index in [9.17, 15) is 4.79 Å². The van der Waals surface area contributed by atoms with E-state index in [4.69, 9.17) is 4.74 Å². The van der Waals surface area contributed by atoms with E-state index in [0.29, 0.717) is 31.2 Å². The van der Waals surface area contributed by atoms with Gasteiger partial charge < -0.3 is 15.0 Å². The van der Waals surface area contributed by atoms with Crippen molar-refractivity contribution in [2.45, 2.75) is 26.4 Å². The quantitative estimate of drug-likeness (QED) is 0.792. The molecular formula is C13H20N4O2. The minimum atomic E-state index is -0.357. The highest BCUT2D eigenvalue weighted by Crippen LogP contribution is 2.17. The SMILES string of the molecule is CCOC(=O)c1nc(CN(C)C)nc2c1CNCC2. The first kappa shape index (κ1) is 13.9. The number of aromatic nitrogens is 2. The lowest BCUT2D eigenvalue weighted by molar-refractivity contribution is 0.0516. The normalized spacial score (nSPS) is 14.3. The van der Waals surface area contributed by atoms with E-state index in [0.717, 1.165) is 24.2 Å². The second-order valence-electron chi connectivity index (χ2n) is 4.80. The van der Waals surface area contributed by atoms with Gasteiger partial charge in [0.05, 0.1) is 18.8 Å². The largest absolute Gasteiger partial charge is 0.461 e. The van der Waals surface area contributed by atoms with E-state index in [1.165, 1.54) is 0 Å². The lowest BCUT2D eigenvalue weighted by atomic mass is 10.1. The maximum Gasteiger partial charge on any atom is 0.357 e. The number of fused-ring (bicyclic) bond motifs is 1. The van der Waals surface area contributed by atoms with Crippen molar-refractivity contribution in [1.82, 2.24) is 20.2 Å². The van der Waals surface area contributed by atoms with Crippen LogP contribution >= 0.6 is 0 Å². The van der Waals surface area contributed by atoms with Crippen LogP contribution in [0.1, 0.15) is 34.5 Å². The Morgan fingerprint density at radius 3 is 2.89 bits per heavy atom. The second kappa shape index (κ2) is 6.08. The minimum absolute atomic E-state index is 0.355. The highest BCUT2D eigenvalue weighted by molar-refractivity contribution is 5.89. The fraction of sp³-hybridized carbons (Fsp3) is 0.615. The average molecular weight is 264 g/mol. The first-order valence-electron chi connectivity index (χ1n) is 6.53. The van der Waals surface area contributed by atoms with Crippen LogP contribution in [0.4, 0.5) is 0 Å². The predicted octanol–water partition coefficient (Wildman–Crippen LogP) is 0.361. The summed E-state index contributed by atoms with van der Waals surface area (Å²) in [6.45, 7) is 4.28. The molecule has 2 rings (SSSR count). The smallest absolute Gasteiger partial charge is 0.357 e. The molecule has 0 spiro atoms. The van der Waals surface area contributed by atoms with Gasteiger partial charge in [0.25, 0.3) is 0 Å². The van der Waals surface area contributed by atoms with Gasteiger partial charge in [-0.25, -0.2) is 14.8 Å². The van der Waals surface area contributed by atoms with Crippen molar-refractivity contribution in [3.63, 3.8) is 0 Å². The highest BCUT2D eigenvalue weighted by atomic mass is 16.5. The summed E-state index contributed by atoms with van der Waals surface area (Å²) in [6.07, 6.45) is 0.824. The lowest BCUT2D eigenvalue weighted by Crippen LogP contribution is -2.29. The fourth-order valence-corrected chi connectivity index (χ4v) is 2.12. The van der Waals surface area contributed by atoms with Gasteiger partial charge in [-0.05, 0) is 21.0 Å². The molecule has 2 heterocycles. The summed E-state index contributed by atoms with van der Waals surface area (Å²) in [5.41, 5.74) is 2.26. The molecule has 0 atom stereocenters. The number of carbonyl (C=O) groups excluding carboxylic acids is 1. The Morgan fingerprint density at radius 1 is 1.42 bits per heavy atom. The predicted molar refractivity (Wildman–Crippen MR) is 70.8 cm³/mol. The molecule has 0 radical (unpaired) electrons. The molecule has 1 N–H and O–H groups in total. The summed E-state index contributed by atoms with van der Waals surface area (Å²) in [5.74, 6) is 0.318. The summed E-state index contributed by atoms with van der Waals surface area (Å²) in [4.78, 5) is 22.9. The van der Waals surface area contributed by atoms with E-state index in [1.54, 1.807) is 6.92 Å². The van der Waals surface area contributed by atoms with Crippen LogP contribution < -0.4 is 5.32 Å². The number of nitrogens with one attached hydrogen (secondary N) is 1. The van der Waals surface area contributed by atoms with Gasteiger partial charge in [-0.3, -0.25) is 0 Å².